The molecule has 0 fully saturated rings. The molecule has 3 rings (SSSR count). The maximum Gasteiger partial charge on any atom is 0.257 e. The monoisotopic (exact) mass is 409 g/mol. The zero-order valence-corrected chi connectivity index (χ0v) is 17.0. The molecule has 0 bridgehead atoms. The maximum atomic E-state index is 12.3. The molecule has 0 aliphatic heterocycles. The average Bonchev–Trinajstić information content (AvgIpc) is 3.18. The highest BCUT2D eigenvalue weighted by atomic mass is 32.1. The van der Waals surface area contributed by atoms with Crippen LogP contribution in [0.3, 0.4) is 0 Å². The van der Waals surface area contributed by atoms with E-state index >= 15 is 0 Å². The molecule has 2 aromatic carbocycles. The van der Waals surface area contributed by atoms with Crippen LogP contribution < -0.4 is 15.4 Å². The quantitative estimate of drug-likeness (QED) is 0.528. The number of rotatable bonds is 9. The van der Waals surface area contributed by atoms with Crippen molar-refractivity contribution in [3.63, 3.8) is 0 Å². The second-order valence-electron chi connectivity index (χ2n) is 6.44. The summed E-state index contributed by atoms with van der Waals surface area (Å²) in [6.45, 7) is 0.624. The van der Waals surface area contributed by atoms with Crippen molar-refractivity contribution in [3.8, 4) is 5.75 Å². The molecule has 0 atom stereocenters. The minimum absolute atomic E-state index is 0.0728. The van der Waals surface area contributed by atoms with Crippen molar-refractivity contribution in [1.29, 1.82) is 0 Å². The topological polar surface area (TPSA) is 80.3 Å². The fraction of sp³-hybridized carbons (Fsp3) is 0.227. The second kappa shape index (κ2) is 10.4. The lowest BCUT2D eigenvalue weighted by Crippen LogP contribution is -2.26. The Morgan fingerprint density at radius 2 is 1.83 bits per heavy atom. The molecule has 3 aromatic rings. The summed E-state index contributed by atoms with van der Waals surface area (Å²) in [5.41, 5.74) is 2.41. The fourth-order valence-corrected chi connectivity index (χ4v) is 3.45. The third-order valence-corrected chi connectivity index (χ3v) is 5.08. The first-order chi connectivity index (χ1) is 14.1. The van der Waals surface area contributed by atoms with Gasteiger partial charge in [-0.25, -0.2) is 4.98 Å². The summed E-state index contributed by atoms with van der Waals surface area (Å²) in [6, 6.07) is 17.0. The molecule has 1 aromatic heterocycles. The van der Waals surface area contributed by atoms with Gasteiger partial charge in [0.15, 0.2) is 5.13 Å². The van der Waals surface area contributed by atoms with Crippen LogP contribution in [-0.4, -0.2) is 30.5 Å². The summed E-state index contributed by atoms with van der Waals surface area (Å²) >= 11 is 1.30. The van der Waals surface area contributed by atoms with Crippen molar-refractivity contribution >= 4 is 28.3 Å². The minimum Gasteiger partial charge on any atom is -0.497 e. The summed E-state index contributed by atoms with van der Waals surface area (Å²) < 4.78 is 5.09. The lowest BCUT2D eigenvalue weighted by Gasteiger charge is -2.04. The van der Waals surface area contributed by atoms with Crippen LogP contribution >= 0.6 is 11.3 Å². The first-order valence-electron chi connectivity index (χ1n) is 9.34. The summed E-state index contributed by atoms with van der Waals surface area (Å²) in [5, 5.41) is 7.93. The lowest BCUT2D eigenvalue weighted by atomic mass is 10.1. The predicted octanol–water partition coefficient (Wildman–Crippen LogP) is 3.70. The smallest absolute Gasteiger partial charge is 0.257 e. The molecule has 0 radical (unpaired) electrons. The van der Waals surface area contributed by atoms with E-state index in [-0.39, 0.29) is 18.2 Å². The summed E-state index contributed by atoms with van der Waals surface area (Å²) in [6.07, 6.45) is 2.01. The van der Waals surface area contributed by atoms with Crippen LogP contribution in [0, 0.1) is 0 Å². The van der Waals surface area contributed by atoms with E-state index in [0.717, 1.165) is 12.8 Å². The number of benzene rings is 2. The largest absolute Gasteiger partial charge is 0.497 e. The van der Waals surface area contributed by atoms with Gasteiger partial charge >= 0.3 is 0 Å². The third-order valence-electron chi connectivity index (χ3n) is 4.27. The van der Waals surface area contributed by atoms with E-state index in [0.29, 0.717) is 28.7 Å². The number of carbonyl (C=O) groups is 2. The van der Waals surface area contributed by atoms with Crippen molar-refractivity contribution in [1.82, 2.24) is 10.3 Å². The van der Waals surface area contributed by atoms with E-state index < -0.39 is 0 Å². The Hall–Kier alpha value is -3.19. The highest BCUT2D eigenvalue weighted by Crippen LogP contribution is 2.18. The summed E-state index contributed by atoms with van der Waals surface area (Å²) in [4.78, 5) is 28.7. The molecular weight excluding hydrogens is 386 g/mol. The Morgan fingerprint density at radius 1 is 1.07 bits per heavy atom. The van der Waals surface area contributed by atoms with E-state index in [2.05, 4.69) is 27.8 Å². The highest BCUT2D eigenvalue weighted by Gasteiger charge is 2.11. The molecule has 0 unspecified atom stereocenters. The molecular formula is C22H23N3O3S. The number of carbonyl (C=O) groups excluding carboxylic acids is 2. The van der Waals surface area contributed by atoms with Gasteiger partial charge in [-0.15, -0.1) is 11.3 Å². The van der Waals surface area contributed by atoms with Gasteiger partial charge in [-0.2, -0.15) is 0 Å². The Bertz CT molecular complexity index is 939. The second-order valence-corrected chi connectivity index (χ2v) is 7.30. The minimum atomic E-state index is -0.251. The Kier molecular flexibility index (Phi) is 7.35. The number of aromatic nitrogens is 1. The number of hydrogen-bond acceptors (Lipinski definition) is 5. The SMILES string of the molecule is COc1ccc(C(=O)Nc2nc(CC(=O)NCCCc3ccccc3)cs2)cc1. The molecule has 29 heavy (non-hydrogen) atoms. The van der Waals surface area contributed by atoms with E-state index in [1.807, 2.05) is 18.2 Å². The van der Waals surface area contributed by atoms with Gasteiger partial charge in [-0.1, -0.05) is 30.3 Å². The van der Waals surface area contributed by atoms with Gasteiger partial charge in [0, 0.05) is 17.5 Å². The molecule has 0 saturated heterocycles. The number of hydrogen-bond donors (Lipinski definition) is 2. The molecule has 0 spiro atoms. The number of nitrogens with one attached hydrogen (secondary N) is 2. The lowest BCUT2D eigenvalue weighted by molar-refractivity contribution is -0.120. The van der Waals surface area contributed by atoms with Crippen LogP contribution in [0.4, 0.5) is 5.13 Å². The van der Waals surface area contributed by atoms with Crippen molar-refractivity contribution < 1.29 is 14.3 Å². The van der Waals surface area contributed by atoms with Crippen molar-refractivity contribution in [2.24, 2.45) is 0 Å². The molecule has 2 amide bonds. The number of thiazole rings is 1. The number of amides is 2. The van der Waals surface area contributed by atoms with E-state index in [1.165, 1.54) is 16.9 Å². The Balaban J connectivity index is 1.41. The molecule has 1 heterocycles. The first kappa shape index (κ1) is 20.5. The number of ether oxygens (including phenoxy) is 1. The average molecular weight is 410 g/mol. The van der Waals surface area contributed by atoms with E-state index in [9.17, 15) is 9.59 Å². The first-order valence-corrected chi connectivity index (χ1v) is 10.2. The van der Waals surface area contributed by atoms with Gasteiger partial charge in [0.05, 0.1) is 19.2 Å². The highest BCUT2D eigenvalue weighted by molar-refractivity contribution is 7.14. The molecule has 6 nitrogen and oxygen atoms in total. The van der Waals surface area contributed by atoms with Gasteiger partial charge in [0.1, 0.15) is 5.75 Å². The van der Waals surface area contributed by atoms with Crippen LogP contribution in [-0.2, 0) is 17.6 Å². The maximum absolute atomic E-state index is 12.3. The summed E-state index contributed by atoms with van der Waals surface area (Å²) in [7, 11) is 1.58. The fourth-order valence-electron chi connectivity index (χ4n) is 2.75. The van der Waals surface area contributed by atoms with Gasteiger partial charge < -0.3 is 10.1 Å². The van der Waals surface area contributed by atoms with Gasteiger partial charge in [0.25, 0.3) is 5.91 Å². The zero-order valence-electron chi connectivity index (χ0n) is 16.2. The standard InChI is InChI=1S/C22H23N3O3S/c1-28-19-11-9-17(10-12-19)21(27)25-22-24-18(15-29-22)14-20(26)23-13-5-8-16-6-3-2-4-7-16/h2-4,6-7,9-12,15H,5,8,13-14H2,1H3,(H,23,26)(H,24,25,27). The molecule has 7 heteroatoms. The molecule has 2 N–H and O–H groups in total. The number of anilines is 1. The molecule has 0 aliphatic rings. The van der Waals surface area contributed by atoms with Gasteiger partial charge in [-0.3, -0.25) is 14.9 Å². The van der Waals surface area contributed by atoms with Crippen LogP contribution in [0.2, 0.25) is 0 Å². The van der Waals surface area contributed by atoms with Crippen LogP contribution in [0.1, 0.15) is 28.0 Å². The number of methoxy groups -OCH3 is 1. The zero-order chi connectivity index (χ0) is 20.5. The van der Waals surface area contributed by atoms with Gasteiger partial charge in [-0.05, 0) is 42.7 Å². The van der Waals surface area contributed by atoms with Crippen molar-refractivity contribution in [2.45, 2.75) is 19.3 Å². The van der Waals surface area contributed by atoms with Crippen LogP contribution in [0.15, 0.2) is 60.0 Å². The van der Waals surface area contributed by atoms with Crippen LogP contribution in [0.5, 0.6) is 5.75 Å². The summed E-state index contributed by atoms with van der Waals surface area (Å²) in [5.74, 6) is 0.364. The van der Waals surface area contributed by atoms with Crippen molar-refractivity contribution in [3.05, 3.63) is 76.8 Å². The Labute approximate surface area is 173 Å². The molecule has 150 valence electrons. The van der Waals surface area contributed by atoms with Gasteiger partial charge in [0.2, 0.25) is 5.91 Å². The predicted molar refractivity (Wildman–Crippen MR) is 115 cm³/mol. The van der Waals surface area contributed by atoms with Crippen LogP contribution in [0.25, 0.3) is 0 Å². The number of aryl methyl sites for hydroxylation is 1. The van der Waals surface area contributed by atoms with E-state index in [1.54, 1.807) is 36.8 Å². The Morgan fingerprint density at radius 3 is 2.55 bits per heavy atom. The third kappa shape index (κ3) is 6.43. The van der Waals surface area contributed by atoms with E-state index in [4.69, 9.17) is 4.74 Å². The normalized spacial score (nSPS) is 10.4. The molecule has 0 saturated carbocycles. The van der Waals surface area contributed by atoms with Crippen molar-refractivity contribution in [2.75, 3.05) is 19.0 Å². The molecule has 0 aliphatic carbocycles. The number of nitrogens with zero attached hydrogens (tertiary/aromatic N) is 1.